The lowest BCUT2D eigenvalue weighted by Gasteiger charge is -2.33. The van der Waals surface area contributed by atoms with Gasteiger partial charge in [0.1, 0.15) is 17.4 Å². The van der Waals surface area contributed by atoms with Gasteiger partial charge in [0.2, 0.25) is 0 Å². The number of aliphatic carboxylic acids is 1. The summed E-state index contributed by atoms with van der Waals surface area (Å²) >= 11 is 0. The summed E-state index contributed by atoms with van der Waals surface area (Å²) in [5.41, 5.74) is 7.48. The molecule has 2 aliphatic rings. The molecular weight excluding hydrogens is 576 g/mol. The number of aryl methyl sites for hydroxylation is 4. The molecule has 0 amide bonds. The van der Waals surface area contributed by atoms with Crippen molar-refractivity contribution >= 4 is 26.8 Å². The van der Waals surface area contributed by atoms with Crippen molar-refractivity contribution < 1.29 is 23.1 Å². The van der Waals surface area contributed by atoms with Gasteiger partial charge >= 0.3 is 5.97 Å². The number of ether oxygens (including phenoxy) is 1. The van der Waals surface area contributed by atoms with E-state index in [2.05, 4.69) is 41.2 Å². The van der Waals surface area contributed by atoms with E-state index in [1.54, 1.807) is 24.6 Å². The van der Waals surface area contributed by atoms with Crippen molar-refractivity contribution in [2.45, 2.75) is 77.5 Å². The number of hydrogen-bond donors (Lipinski definition) is 1. The molecule has 2 aliphatic heterocycles. The number of sulfone groups is 1. The standard InChI is InChI=1S/C34H40N4O5S/c1-7-26-19-38(18-25-14-22-12-13-44(41,42)30(22)16-29(25)43-26)17-24-15-23(9-8-20(24)2)31(34(4,5)33(39)40)27-10-11-28-32(21(27)3)35-36-37(28)6/h8-11,14-16,26,31H,7,12-13,17-19H2,1-6H3,(H,39,40)/t26-,31?/m1/s1. The lowest BCUT2D eigenvalue weighted by molar-refractivity contribution is -0.147. The second kappa shape index (κ2) is 11.0. The zero-order valence-electron chi connectivity index (χ0n) is 26.2. The number of hydrogen-bond acceptors (Lipinski definition) is 7. The quantitative estimate of drug-likeness (QED) is 0.296. The molecule has 0 bridgehead atoms. The van der Waals surface area contributed by atoms with Gasteiger partial charge in [-0.3, -0.25) is 9.69 Å². The van der Waals surface area contributed by atoms with E-state index in [-0.39, 0.29) is 11.9 Å². The molecule has 3 aromatic carbocycles. The number of rotatable bonds is 7. The third kappa shape index (κ3) is 5.17. The van der Waals surface area contributed by atoms with E-state index in [1.165, 1.54) is 0 Å². The van der Waals surface area contributed by atoms with E-state index in [4.69, 9.17) is 4.74 Å². The predicted octanol–water partition coefficient (Wildman–Crippen LogP) is 5.33. The Kier molecular flexibility index (Phi) is 7.57. The number of carboxylic acids is 1. The third-order valence-electron chi connectivity index (χ3n) is 9.59. The van der Waals surface area contributed by atoms with Crippen LogP contribution in [-0.2, 0) is 41.2 Å². The van der Waals surface area contributed by atoms with Crippen molar-refractivity contribution in [3.05, 3.63) is 81.4 Å². The van der Waals surface area contributed by atoms with Crippen LogP contribution in [0.2, 0.25) is 0 Å². The highest BCUT2D eigenvalue weighted by molar-refractivity contribution is 7.91. The van der Waals surface area contributed by atoms with E-state index in [0.717, 1.165) is 56.4 Å². The van der Waals surface area contributed by atoms with Crippen molar-refractivity contribution in [2.24, 2.45) is 12.5 Å². The van der Waals surface area contributed by atoms with Gasteiger partial charge in [0.05, 0.1) is 21.6 Å². The van der Waals surface area contributed by atoms with E-state index < -0.39 is 27.1 Å². The Bertz CT molecular complexity index is 1900. The largest absolute Gasteiger partial charge is 0.489 e. The van der Waals surface area contributed by atoms with E-state index >= 15 is 0 Å². The molecule has 232 valence electrons. The molecule has 0 saturated carbocycles. The molecular formula is C34H40N4O5S. The Hall–Kier alpha value is -3.76. The van der Waals surface area contributed by atoms with Gasteiger partial charge in [0.25, 0.3) is 0 Å². The molecule has 0 spiro atoms. The number of nitrogens with zero attached hydrogens (tertiary/aromatic N) is 4. The van der Waals surface area contributed by atoms with Gasteiger partial charge in [0.15, 0.2) is 9.84 Å². The first-order valence-corrected chi connectivity index (χ1v) is 16.8. The molecule has 2 atom stereocenters. The predicted molar refractivity (Wildman–Crippen MR) is 169 cm³/mol. The van der Waals surface area contributed by atoms with Gasteiger partial charge in [-0.1, -0.05) is 36.4 Å². The average Bonchev–Trinajstić information content (AvgIpc) is 3.42. The van der Waals surface area contributed by atoms with Gasteiger partial charge < -0.3 is 9.84 Å². The average molecular weight is 617 g/mol. The first-order chi connectivity index (χ1) is 20.8. The van der Waals surface area contributed by atoms with Crippen molar-refractivity contribution in [1.82, 2.24) is 19.9 Å². The van der Waals surface area contributed by atoms with Crippen LogP contribution < -0.4 is 4.74 Å². The van der Waals surface area contributed by atoms with Crippen molar-refractivity contribution in [3.63, 3.8) is 0 Å². The summed E-state index contributed by atoms with van der Waals surface area (Å²) in [7, 11) is -1.40. The second-order valence-electron chi connectivity index (χ2n) is 13.0. The van der Waals surface area contributed by atoms with Crippen LogP contribution in [0.25, 0.3) is 11.0 Å². The molecule has 1 unspecified atom stereocenters. The van der Waals surface area contributed by atoms with Crippen molar-refractivity contribution in [2.75, 3.05) is 12.3 Å². The fraction of sp³-hybridized carbons (Fsp3) is 0.441. The molecule has 3 heterocycles. The Balaban J connectivity index is 1.39. The minimum atomic E-state index is -3.26. The lowest BCUT2D eigenvalue weighted by Crippen LogP contribution is -2.33. The fourth-order valence-electron chi connectivity index (χ4n) is 6.82. The monoisotopic (exact) mass is 616 g/mol. The smallest absolute Gasteiger partial charge is 0.310 e. The molecule has 6 rings (SSSR count). The summed E-state index contributed by atoms with van der Waals surface area (Å²) in [4.78, 5) is 15.5. The molecule has 10 heteroatoms. The number of aromatic nitrogens is 3. The first kappa shape index (κ1) is 30.3. The highest BCUT2D eigenvalue weighted by Crippen LogP contribution is 2.44. The minimum Gasteiger partial charge on any atom is -0.489 e. The topological polar surface area (TPSA) is 115 Å². The Morgan fingerprint density at radius 3 is 2.64 bits per heavy atom. The SMILES string of the molecule is CC[C@@H]1CN(Cc2cc(C(c3ccc4c(nnn4C)c3C)C(C)(C)C(=O)O)ccc2C)Cc2cc3c(cc2O1)S(=O)(=O)CC3. The highest BCUT2D eigenvalue weighted by Gasteiger charge is 2.40. The van der Waals surface area contributed by atoms with E-state index in [1.807, 2.05) is 38.2 Å². The van der Waals surface area contributed by atoms with Crippen LogP contribution in [-0.4, -0.2) is 57.8 Å². The van der Waals surface area contributed by atoms with Gasteiger partial charge in [-0.05, 0) is 92.1 Å². The molecule has 1 aromatic heterocycles. The van der Waals surface area contributed by atoms with E-state index in [0.29, 0.717) is 36.7 Å². The number of carboxylic acid groups (broad SMARTS) is 1. The van der Waals surface area contributed by atoms with Gasteiger partial charge in [0, 0.05) is 38.2 Å². The van der Waals surface area contributed by atoms with Crippen LogP contribution in [0.4, 0.5) is 0 Å². The summed E-state index contributed by atoms with van der Waals surface area (Å²) in [5, 5.41) is 19.0. The number of benzene rings is 3. The molecule has 4 aromatic rings. The summed E-state index contributed by atoms with van der Waals surface area (Å²) < 4.78 is 33.3. The Morgan fingerprint density at radius 2 is 1.91 bits per heavy atom. The number of fused-ring (bicyclic) bond motifs is 3. The zero-order valence-corrected chi connectivity index (χ0v) is 27.0. The summed E-state index contributed by atoms with van der Waals surface area (Å²) in [6, 6.07) is 14.0. The molecule has 0 radical (unpaired) electrons. The second-order valence-corrected chi connectivity index (χ2v) is 15.0. The Morgan fingerprint density at radius 1 is 1.14 bits per heavy atom. The molecule has 0 fully saturated rings. The van der Waals surface area contributed by atoms with Gasteiger partial charge in [-0.25, -0.2) is 13.1 Å². The van der Waals surface area contributed by atoms with Crippen LogP contribution in [0, 0.1) is 19.3 Å². The van der Waals surface area contributed by atoms with Crippen LogP contribution in [0.15, 0.2) is 47.4 Å². The van der Waals surface area contributed by atoms with Crippen LogP contribution in [0.1, 0.15) is 72.1 Å². The van der Waals surface area contributed by atoms with Crippen molar-refractivity contribution in [3.8, 4) is 5.75 Å². The molecule has 44 heavy (non-hydrogen) atoms. The first-order valence-electron chi connectivity index (χ1n) is 15.2. The maximum absolute atomic E-state index is 12.7. The lowest BCUT2D eigenvalue weighted by atomic mass is 9.69. The van der Waals surface area contributed by atoms with Crippen LogP contribution in [0.5, 0.6) is 5.75 Å². The fourth-order valence-corrected chi connectivity index (χ4v) is 8.38. The highest BCUT2D eigenvalue weighted by atomic mass is 32.2. The maximum Gasteiger partial charge on any atom is 0.310 e. The Labute approximate surface area is 258 Å². The van der Waals surface area contributed by atoms with E-state index in [9.17, 15) is 18.3 Å². The molecule has 1 N–H and O–H groups in total. The summed E-state index contributed by atoms with van der Waals surface area (Å²) in [6.45, 7) is 11.7. The van der Waals surface area contributed by atoms with Crippen LogP contribution in [0.3, 0.4) is 0 Å². The molecule has 0 aliphatic carbocycles. The minimum absolute atomic E-state index is 0.0815. The maximum atomic E-state index is 12.7. The zero-order chi connectivity index (χ0) is 31.6. The van der Waals surface area contributed by atoms with Crippen LogP contribution >= 0.6 is 0 Å². The van der Waals surface area contributed by atoms with Gasteiger partial charge in [-0.2, -0.15) is 0 Å². The van der Waals surface area contributed by atoms with Gasteiger partial charge in [-0.15, -0.1) is 5.10 Å². The third-order valence-corrected chi connectivity index (χ3v) is 11.4. The van der Waals surface area contributed by atoms with Crippen molar-refractivity contribution in [1.29, 1.82) is 0 Å². The summed E-state index contributed by atoms with van der Waals surface area (Å²) in [5.74, 6) is -0.487. The number of carbonyl (C=O) groups is 1. The normalized spacial score (nSPS) is 18.8. The summed E-state index contributed by atoms with van der Waals surface area (Å²) in [6.07, 6.45) is 1.24. The molecule has 9 nitrogen and oxygen atoms in total. The molecule has 0 saturated heterocycles.